The van der Waals surface area contributed by atoms with Crippen LogP contribution in [0.25, 0.3) is 0 Å². The maximum absolute atomic E-state index is 11.7. The van der Waals surface area contributed by atoms with E-state index in [0.29, 0.717) is 22.9 Å². The van der Waals surface area contributed by atoms with Crippen molar-refractivity contribution < 1.29 is 19.2 Å². The first-order chi connectivity index (χ1) is 13.0. The lowest BCUT2D eigenvalue weighted by Crippen LogP contribution is -2.30. The number of rotatable bonds is 9. The fraction of sp³-hybridized carbons (Fsp3) is 0.222. The van der Waals surface area contributed by atoms with Crippen LogP contribution in [0.15, 0.2) is 53.4 Å². The van der Waals surface area contributed by atoms with Crippen LogP contribution in [0.4, 0.5) is 5.69 Å². The van der Waals surface area contributed by atoms with E-state index < -0.39 is 23.4 Å². The van der Waals surface area contributed by atoms with Gasteiger partial charge in [0.25, 0.3) is 11.6 Å². The molecule has 0 fully saturated rings. The Labute approximate surface area is 165 Å². The van der Waals surface area contributed by atoms with Crippen LogP contribution >= 0.6 is 23.4 Å². The lowest BCUT2D eigenvalue weighted by Gasteiger charge is -2.07. The van der Waals surface area contributed by atoms with Crippen molar-refractivity contribution in [3.8, 4) is 0 Å². The van der Waals surface area contributed by atoms with E-state index in [-0.39, 0.29) is 11.4 Å². The number of benzene rings is 2. The van der Waals surface area contributed by atoms with Crippen molar-refractivity contribution in [2.75, 3.05) is 18.9 Å². The number of hydrogen-bond donors (Lipinski definition) is 1. The summed E-state index contributed by atoms with van der Waals surface area (Å²) < 4.78 is 4.89. The van der Waals surface area contributed by atoms with Gasteiger partial charge in [0.15, 0.2) is 6.61 Å². The average molecular weight is 409 g/mol. The first-order valence-electron chi connectivity index (χ1n) is 7.98. The molecule has 2 aromatic carbocycles. The van der Waals surface area contributed by atoms with Gasteiger partial charge in [-0.3, -0.25) is 19.7 Å². The number of carbonyl (C=O) groups excluding carboxylic acids is 2. The zero-order valence-electron chi connectivity index (χ0n) is 14.2. The van der Waals surface area contributed by atoms with Crippen LogP contribution in [0, 0.1) is 10.1 Å². The van der Waals surface area contributed by atoms with Crippen molar-refractivity contribution in [2.24, 2.45) is 0 Å². The number of halogens is 1. The molecule has 0 aliphatic heterocycles. The molecule has 0 aromatic heterocycles. The third-order valence-corrected chi connectivity index (χ3v) is 4.71. The van der Waals surface area contributed by atoms with Crippen molar-refractivity contribution in [3.63, 3.8) is 0 Å². The van der Waals surface area contributed by atoms with Gasteiger partial charge < -0.3 is 10.1 Å². The molecule has 0 saturated heterocycles. The van der Waals surface area contributed by atoms with Gasteiger partial charge in [-0.1, -0.05) is 35.9 Å². The summed E-state index contributed by atoms with van der Waals surface area (Å²) in [6.45, 7) is 0.0138. The van der Waals surface area contributed by atoms with Gasteiger partial charge in [-0.2, -0.15) is 0 Å². The SMILES string of the molecule is O=C(COC(=O)CSc1ccccc1[N+](=O)[O-])NCCc1ccc(Cl)cc1. The Hall–Kier alpha value is -2.58. The molecule has 9 heteroatoms. The monoisotopic (exact) mass is 408 g/mol. The van der Waals surface area contributed by atoms with Crippen LogP contribution in [-0.2, 0) is 20.7 Å². The van der Waals surface area contributed by atoms with Crippen LogP contribution in [0.1, 0.15) is 5.56 Å². The molecule has 0 spiro atoms. The van der Waals surface area contributed by atoms with E-state index in [9.17, 15) is 19.7 Å². The van der Waals surface area contributed by atoms with Gasteiger partial charge >= 0.3 is 5.97 Å². The molecule has 0 atom stereocenters. The second-order valence-electron chi connectivity index (χ2n) is 5.40. The van der Waals surface area contributed by atoms with Crippen molar-refractivity contribution >= 4 is 40.9 Å². The predicted molar refractivity (Wildman–Crippen MR) is 103 cm³/mol. The molecule has 0 aliphatic carbocycles. The third kappa shape index (κ3) is 7.28. The first kappa shape index (κ1) is 20.7. The van der Waals surface area contributed by atoms with E-state index in [1.165, 1.54) is 6.07 Å². The van der Waals surface area contributed by atoms with Gasteiger partial charge in [0.05, 0.1) is 15.6 Å². The summed E-state index contributed by atoms with van der Waals surface area (Å²) in [6, 6.07) is 13.4. The zero-order valence-corrected chi connectivity index (χ0v) is 15.8. The minimum absolute atomic E-state index is 0.0738. The minimum atomic E-state index is -0.619. The molecule has 7 nitrogen and oxygen atoms in total. The lowest BCUT2D eigenvalue weighted by atomic mass is 10.1. The van der Waals surface area contributed by atoms with E-state index in [1.54, 1.807) is 30.3 Å². The highest BCUT2D eigenvalue weighted by Crippen LogP contribution is 2.28. The molecule has 2 rings (SSSR count). The molecule has 0 heterocycles. The minimum Gasteiger partial charge on any atom is -0.455 e. The number of ether oxygens (including phenoxy) is 1. The predicted octanol–water partition coefficient (Wildman–Crippen LogP) is 3.24. The van der Waals surface area contributed by atoms with Crippen LogP contribution in [0.3, 0.4) is 0 Å². The summed E-state index contributed by atoms with van der Waals surface area (Å²) in [5.41, 5.74) is 0.952. The Morgan fingerprint density at radius 3 is 2.56 bits per heavy atom. The number of nitro benzene ring substituents is 1. The summed E-state index contributed by atoms with van der Waals surface area (Å²) in [6.07, 6.45) is 0.629. The Balaban J connectivity index is 1.67. The molecule has 1 N–H and O–H groups in total. The number of carbonyl (C=O) groups is 2. The number of nitrogens with one attached hydrogen (secondary N) is 1. The quantitative estimate of drug-likeness (QED) is 0.296. The number of thioether (sulfide) groups is 1. The second kappa shape index (κ2) is 10.5. The number of nitrogens with zero attached hydrogens (tertiary/aromatic N) is 1. The number of hydrogen-bond acceptors (Lipinski definition) is 6. The molecule has 0 bridgehead atoms. The fourth-order valence-corrected chi connectivity index (χ4v) is 3.05. The maximum Gasteiger partial charge on any atom is 0.316 e. The van der Waals surface area contributed by atoms with Crippen molar-refractivity contribution in [1.82, 2.24) is 5.32 Å². The normalized spacial score (nSPS) is 10.3. The lowest BCUT2D eigenvalue weighted by molar-refractivity contribution is -0.387. The maximum atomic E-state index is 11.7. The molecular weight excluding hydrogens is 392 g/mol. The van der Waals surface area contributed by atoms with Gasteiger partial charge in [0.2, 0.25) is 0 Å². The summed E-state index contributed by atoms with van der Waals surface area (Å²) in [7, 11) is 0. The Bertz CT molecular complexity index is 814. The molecule has 0 saturated carbocycles. The molecular formula is C18H17ClN2O5S. The number of esters is 1. The van der Waals surface area contributed by atoms with Crippen LogP contribution in [0.5, 0.6) is 0 Å². The van der Waals surface area contributed by atoms with Crippen LogP contribution < -0.4 is 5.32 Å². The molecule has 0 radical (unpaired) electrons. The van der Waals surface area contributed by atoms with E-state index in [1.807, 2.05) is 12.1 Å². The highest BCUT2D eigenvalue weighted by Gasteiger charge is 2.15. The van der Waals surface area contributed by atoms with E-state index in [2.05, 4.69) is 5.32 Å². The largest absolute Gasteiger partial charge is 0.455 e. The molecule has 1 amide bonds. The Morgan fingerprint density at radius 2 is 1.85 bits per heavy atom. The van der Waals surface area contributed by atoms with E-state index in [0.717, 1.165) is 17.3 Å². The summed E-state index contributed by atoms with van der Waals surface area (Å²) in [4.78, 5) is 34.2. The Kier molecular flexibility index (Phi) is 8.09. The van der Waals surface area contributed by atoms with Crippen molar-refractivity contribution in [2.45, 2.75) is 11.3 Å². The molecule has 142 valence electrons. The topological polar surface area (TPSA) is 98.5 Å². The zero-order chi connectivity index (χ0) is 19.6. The van der Waals surface area contributed by atoms with Crippen molar-refractivity contribution in [3.05, 3.63) is 69.2 Å². The summed E-state index contributed by atoms with van der Waals surface area (Å²) in [5, 5.41) is 14.2. The van der Waals surface area contributed by atoms with E-state index in [4.69, 9.17) is 16.3 Å². The van der Waals surface area contributed by atoms with E-state index >= 15 is 0 Å². The second-order valence-corrected chi connectivity index (χ2v) is 6.85. The number of nitro groups is 1. The smallest absolute Gasteiger partial charge is 0.316 e. The van der Waals surface area contributed by atoms with Gasteiger partial charge in [-0.25, -0.2) is 0 Å². The van der Waals surface area contributed by atoms with Crippen molar-refractivity contribution in [1.29, 1.82) is 0 Å². The molecule has 2 aromatic rings. The average Bonchev–Trinajstić information content (AvgIpc) is 2.66. The molecule has 27 heavy (non-hydrogen) atoms. The highest BCUT2D eigenvalue weighted by atomic mass is 35.5. The first-order valence-corrected chi connectivity index (χ1v) is 9.35. The highest BCUT2D eigenvalue weighted by molar-refractivity contribution is 8.00. The number of para-hydroxylation sites is 1. The van der Waals surface area contributed by atoms with Gasteiger partial charge in [-0.15, -0.1) is 11.8 Å². The molecule has 0 unspecified atom stereocenters. The van der Waals surface area contributed by atoms with Gasteiger partial charge in [0.1, 0.15) is 0 Å². The summed E-state index contributed by atoms with van der Waals surface area (Å²) in [5.74, 6) is -1.15. The third-order valence-electron chi connectivity index (χ3n) is 3.42. The van der Waals surface area contributed by atoms with Crippen LogP contribution in [-0.4, -0.2) is 35.7 Å². The van der Waals surface area contributed by atoms with Gasteiger partial charge in [0, 0.05) is 17.6 Å². The number of amides is 1. The van der Waals surface area contributed by atoms with Gasteiger partial charge in [-0.05, 0) is 30.2 Å². The summed E-state index contributed by atoms with van der Waals surface area (Å²) >= 11 is 6.80. The standard InChI is InChI=1S/C18H17ClN2O5S/c19-14-7-5-13(6-8-14)9-10-20-17(22)11-26-18(23)12-27-16-4-2-1-3-15(16)21(24)25/h1-8H,9-12H2,(H,20,22). The van der Waals surface area contributed by atoms with Crippen LogP contribution in [0.2, 0.25) is 5.02 Å². The molecule has 0 aliphatic rings. The Morgan fingerprint density at radius 1 is 1.15 bits per heavy atom. The fourth-order valence-electron chi connectivity index (χ4n) is 2.10.